The van der Waals surface area contributed by atoms with Crippen molar-refractivity contribution in [2.45, 2.75) is 39.2 Å². The van der Waals surface area contributed by atoms with Crippen LogP contribution in [0, 0.1) is 5.92 Å². The molecule has 1 fully saturated rings. The number of amides is 1. The molecule has 0 aliphatic carbocycles. The molecule has 98 valence electrons. The fraction of sp³-hybridized carbons (Fsp3) is 0.833. The molecule has 17 heavy (non-hydrogen) atoms. The van der Waals surface area contributed by atoms with E-state index in [9.17, 15) is 9.59 Å². The van der Waals surface area contributed by atoms with Crippen molar-refractivity contribution < 1.29 is 14.7 Å². The number of nitrogens with zero attached hydrogens (tertiary/aromatic N) is 1. The van der Waals surface area contributed by atoms with Crippen LogP contribution in [0.2, 0.25) is 0 Å². The molecule has 1 amide bonds. The highest BCUT2D eigenvalue weighted by molar-refractivity contribution is 5.80. The minimum Gasteiger partial charge on any atom is -0.481 e. The van der Waals surface area contributed by atoms with E-state index in [1.54, 1.807) is 4.90 Å². The van der Waals surface area contributed by atoms with Crippen LogP contribution in [0.25, 0.3) is 0 Å². The molecule has 1 heterocycles. The highest BCUT2D eigenvalue weighted by Crippen LogP contribution is 2.20. The molecule has 0 saturated carbocycles. The smallest absolute Gasteiger partial charge is 0.305 e. The quantitative estimate of drug-likeness (QED) is 0.761. The van der Waals surface area contributed by atoms with Crippen LogP contribution in [0.3, 0.4) is 0 Å². The van der Waals surface area contributed by atoms with Gasteiger partial charge in [0.05, 0.1) is 12.3 Å². The van der Waals surface area contributed by atoms with Gasteiger partial charge in [-0.05, 0) is 33.7 Å². The Bertz CT molecular complexity index is 291. The van der Waals surface area contributed by atoms with E-state index in [0.29, 0.717) is 6.54 Å². The van der Waals surface area contributed by atoms with E-state index in [1.807, 2.05) is 20.8 Å². The van der Waals surface area contributed by atoms with Crippen molar-refractivity contribution in [2.24, 2.45) is 5.92 Å². The molecule has 0 aromatic rings. The van der Waals surface area contributed by atoms with Crippen LogP contribution in [0.15, 0.2) is 0 Å². The summed E-state index contributed by atoms with van der Waals surface area (Å²) < 4.78 is 0. The summed E-state index contributed by atoms with van der Waals surface area (Å²) in [6.07, 6.45) is 0.849. The number of carbonyl (C=O) groups excluding carboxylic acids is 1. The van der Waals surface area contributed by atoms with Gasteiger partial charge in [-0.3, -0.25) is 9.59 Å². The third kappa shape index (κ3) is 4.00. The largest absolute Gasteiger partial charge is 0.481 e. The van der Waals surface area contributed by atoms with E-state index in [1.165, 1.54) is 0 Å². The van der Waals surface area contributed by atoms with E-state index in [2.05, 4.69) is 5.32 Å². The Labute approximate surface area is 102 Å². The van der Waals surface area contributed by atoms with Gasteiger partial charge in [0.15, 0.2) is 0 Å². The summed E-state index contributed by atoms with van der Waals surface area (Å²) in [4.78, 5) is 24.6. The Kier molecular flexibility index (Phi) is 4.51. The highest BCUT2D eigenvalue weighted by Gasteiger charge is 2.33. The summed E-state index contributed by atoms with van der Waals surface area (Å²) >= 11 is 0. The molecule has 1 atom stereocenters. The number of carbonyl (C=O) groups is 2. The minimum atomic E-state index is -0.864. The van der Waals surface area contributed by atoms with Gasteiger partial charge < -0.3 is 15.3 Å². The van der Waals surface area contributed by atoms with Gasteiger partial charge in [-0.15, -0.1) is 0 Å². The lowest BCUT2D eigenvalue weighted by Gasteiger charge is -2.37. The Balaban J connectivity index is 2.68. The topological polar surface area (TPSA) is 69.6 Å². The first-order valence-electron chi connectivity index (χ1n) is 6.06. The second-order valence-corrected chi connectivity index (χ2v) is 5.49. The van der Waals surface area contributed by atoms with Crippen molar-refractivity contribution in [1.82, 2.24) is 10.2 Å². The average molecular weight is 242 g/mol. The standard InChI is InChI=1S/C12H22N2O3/c1-12(2,3)14(7-5-10(15)16)11(17)9-4-6-13-8-9/h9,13H,4-8H2,1-3H3,(H,15,16). The number of hydrogen-bond donors (Lipinski definition) is 2. The van der Waals surface area contributed by atoms with Gasteiger partial charge in [0, 0.05) is 18.6 Å². The first kappa shape index (κ1) is 14.0. The van der Waals surface area contributed by atoms with Crippen molar-refractivity contribution in [2.75, 3.05) is 19.6 Å². The first-order valence-corrected chi connectivity index (χ1v) is 6.06. The summed E-state index contributed by atoms with van der Waals surface area (Å²) in [5, 5.41) is 11.9. The summed E-state index contributed by atoms with van der Waals surface area (Å²) in [7, 11) is 0. The van der Waals surface area contributed by atoms with Crippen LogP contribution in [-0.4, -0.2) is 47.1 Å². The van der Waals surface area contributed by atoms with E-state index in [-0.39, 0.29) is 30.3 Å². The predicted octanol–water partition coefficient (Wildman–Crippen LogP) is 0.698. The molecule has 5 heteroatoms. The molecule has 5 nitrogen and oxygen atoms in total. The molecule has 1 saturated heterocycles. The molecule has 0 spiro atoms. The maximum atomic E-state index is 12.3. The third-order valence-electron chi connectivity index (χ3n) is 3.03. The van der Waals surface area contributed by atoms with Crippen molar-refractivity contribution in [3.05, 3.63) is 0 Å². The molecule has 0 bridgehead atoms. The number of nitrogens with one attached hydrogen (secondary N) is 1. The van der Waals surface area contributed by atoms with Gasteiger partial charge in [-0.25, -0.2) is 0 Å². The molecule has 1 rings (SSSR count). The van der Waals surface area contributed by atoms with Gasteiger partial charge in [0.25, 0.3) is 0 Å². The van der Waals surface area contributed by atoms with E-state index in [0.717, 1.165) is 13.0 Å². The number of rotatable bonds is 4. The summed E-state index contributed by atoms with van der Waals surface area (Å²) in [5.41, 5.74) is -0.324. The van der Waals surface area contributed by atoms with Gasteiger partial charge in [0.2, 0.25) is 5.91 Å². The monoisotopic (exact) mass is 242 g/mol. The lowest BCUT2D eigenvalue weighted by Crippen LogP contribution is -2.49. The SMILES string of the molecule is CC(C)(C)N(CCC(=O)O)C(=O)C1CCNC1. The first-order chi connectivity index (χ1) is 7.82. The van der Waals surface area contributed by atoms with Crippen LogP contribution in [0.1, 0.15) is 33.6 Å². The van der Waals surface area contributed by atoms with E-state index < -0.39 is 5.97 Å². The normalized spacial score (nSPS) is 20.3. The molecule has 1 unspecified atom stereocenters. The maximum absolute atomic E-state index is 12.3. The highest BCUT2D eigenvalue weighted by atomic mass is 16.4. The van der Waals surface area contributed by atoms with Crippen molar-refractivity contribution in [1.29, 1.82) is 0 Å². The van der Waals surface area contributed by atoms with Crippen LogP contribution in [0.5, 0.6) is 0 Å². The molecule has 1 aliphatic heterocycles. The number of carboxylic acids is 1. The molecule has 0 radical (unpaired) electrons. The number of carboxylic acid groups (broad SMARTS) is 1. The Morgan fingerprint density at radius 1 is 1.41 bits per heavy atom. The fourth-order valence-electron chi connectivity index (χ4n) is 2.07. The molecular weight excluding hydrogens is 220 g/mol. The van der Waals surface area contributed by atoms with Crippen molar-refractivity contribution in [3.8, 4) is 0 Å². The average Bonchev–Trinajstić information content (AvgIpc) is 2.67. The second-order valence-electron chi connectivity index (χ2n) is 5.49. The van der Waals surface area contributed by atoms with Gasteiger partial charge >= 0.3 is 5.97 Å². The Morgan fingerprint density at radius 3 is 2.47 bits per heavy atom. The lowest BCUT2D eigenvalue weighted by molar-refractivity contribution is -0.142. The van der Waals surface area contributed by atoms with E-state index >= 15 is 0 Å². The van der Waals surface area contributed by atoms with Crippen LogP contribution < -0.4 is 5.32 Å². The zero-order valence-electron chi connectivity index (χ0n) is 10.8. The number of aliphatic carboxylic acids is 1. The summed E-state index contributed by atoms with van der Waals surface area (Å²) in [5.74, 6) is -0.789. The van der Waals surface area contributed by atoms with Crippen LogP contribution in [0.4, 0.5) is 0 Å². The van der Waals surface area contributed by atoms with Gasteiger partial charge in [-0.1, -0.05) is 0 Å². The zero-order chi connectivity index (χ0) is 13.1. The van der Waals surface area contributed by atoms with Crippen LogP contribution in [-0.2, 0) is 9.59 Å². The molecule has 1 aliphatic rings. The second kappa shape index (κ2) is 5.49. The summed E-state index contributed by atoms with van der Waals surface area (Å²) in [6, 6.07) is 0. The predicted molar refractivity (Wildman–Crippen MR) is 64.7 cm³/mol. The number of hydrogen-bond acceptors (Lipinski definition) is 3. The Hall–Kier alpha value is -1.10. The third-order valence-corrected chi connectivity index (χ3v) is 3.03. The fourth-order valence-corrected chi connectivity index (χ4v) is 2.07. The molecule has 0 aromatic carbocycles. The Morgan fingerprint density at radius 2 is 2.06 bits per heavy atom. The van der Waals surface area contributed by atoms with Crippen molar-refractivity contribution in [3.63, 3.8) is 0 Å². The van der Waals surface area contributed by atoms with Crippen molar-refractivity contribution >= 4 is 11.9 Å². The molecule has 0 aromatic heterocycles. The summed E-state index contributed by atoms with van der Waals surface area (Å²) in [6.45, 7) is 7.68. The van der Waals surface area contributed by atoms with Gasteiger partial charge in [0.1, 0.15) is 0 Å². The zero-order valence-corrected chi connectivity index (χ0v) is 10.8. The molecule has 2 N–H and O–H groups in total. The lowest BCUT2D eigenvalue weighted by atomic mass is 10.00. The molecular formula is C12H22N2O3. The van der Waals surface area contributed by atoms with Crippen LogP contribution >= 0.6 is 0 Å². The maximum Gasteiger partial charge on any atom is 0.305 e. The van der Waals surface area contributed by atoms with E-state index in [4.69, 9.17) is 5.11 Å². The van der Waals surface area contributed by atoms with Gasteiger partial charge in [-0.2, -0.15) is 0 Å². The minimum absolute atomic E-state index is 0.00280.